The summed E-state index contributed by atoms with van der Waals surface area (Å²) < 4.78 is 28.0. The van der Waals surface area contributed by atoms with Crippen LogP contribution in [0, 0.1) is 5.41 Å². The molecule has 1 aromatic rings. The third-order valence-electron chi connectivity index (χ3n) is 5.15. The molecule has 1 fully saturated rings. The topological polar surface area (TPSA) is 106 Å². The first-order valence-corrected chi connectivity index (χ1v) is 11.1. The van der Waals surface area contributed by atoms with Crippen molar-refractivity contribution in [2.24, 2.45) is 15.5 Å². The average molecular weight is 397 g/mol. The maximum Gasteiger partial charge on any atom is 0.238 e. The second-order valence-corrected chi connectivity index (χ2v) is 8.75. The zero-order chi connectivity index (χ0) is 19.8. The van der Waals surface area contributed by atoms with Crippen LogP contribution in [0.3, 0.4) is 0 Å². The van der Waals surface area contributed by atoms with E-state index in [1.54, 1.807) is 19.2 Å². The van der Waals surface area contributed by atoms with Gasteiger partial charge >= 0.3 is 0 Å². The van der Waals surface area contributed by atoms with Gasteiger partial charge in [-0.25, -0.2) is 18.5 Å². The summed E-state index contributed by atoms with van der Waals surface area (Å²) in [6.07, 6.45) is 6.05. The number of methoxy groups -OCH3 is 1. The summed E-state index contributed by atoms with van der Waals surface area (Å²) in [5.74, 6) is 0.775. The summed E-state index contributed by atoms with van der Waals surface area (Å²) in [6, 6.07) is 6.51. The van der Waals surface area contributed by atoms with Gasteiger partial charge in [-0.15, -0.1) is 0 Å². The molecule has 0 aromatic heterocycles. The summed E-state index contributed by atoms with van der Waals surface area (Å²) in [5.41, 5.74) is 1.21. The second-order valence-electron chi connectivity index (χ2n) is 7.19. The van der Waals surface area contributed by atoms with Gasteiger partial charge in [-0.2, -0.15) is 0 Å². The number of hydrogen-bond acceptors (Lipinski definition) is 4. The van der Waals surface area contributed by atoms with Crippen molar-refractivity contribution in [3.63, 3.8) is 0 Å². The van der Waals surface area contributed by atoms with Crippen LogP contribution in [-0.4, -0.2) is 41.2 Å². The van der Waals surface area contributed by atoms with Crippen LogP contribution >= 0.6 is 0 Å². The van der Waals surface area contributed by atoms with E-state index >= 15 is 0 Å². The molecular weight excluding hydrogens is 364 g/mol. The van der Waals surface area contributed by atoms with Crippen molar-refractivity contribution in [2.45, 2.75) is 50.5 Å². The first-order chi connectivity index (χ1) is 12.9. The minimum atomic E-state index is -3.66. The Kier molecular flexibility index (Phi) is 8.07. The molecule has 1 aromatic carbocycles. The van der Waals surface area contributed by atoms with E-state index in [0.717, 1.165) is 37.6 Å². The Morgan fingerprint density at radius 1 is 1.22 bits per heavy atom. The molecular formula is C19H32N4O3S. The zero-order valence-corrected chi connectivity index (χ0v) is 17.1. The number of nitrogens with one attached hydrogen (secondary N) is 2. The van der Waals surface area contributed by atoms with E-state index in [4.69, 9.17) is 9.88 Å². The second kappa shape index (κ2) is 10.1. The van der Waals surface area contributed by atoms with E-state index in [2.05, 4.69) is 15.6 Å². The maximum absolute atomic E-state index is 11.3. The minimum Gasteiger partial charge on any atom is -0.385 e. The molecule has 0 bridgehead atoms. The number of sulfonamides is 1. The highest BCUT2D eigenvalue weighted by atomic mass is 32.2. The lowest BCUT2D eigenvalue weighted by Gasteiger charge is -2.30. The Balaban J connectivity index is 1.99. The van der Waals surface area contributed by atoms with Crippen molar-refractivity contribution in [2.75, 3.05) is 26.8 Å². The van der Waals surface area contributed by atoms with Gasteiger partial charge in [0.1, 0.15) is 0 Å². The van der Waals surface area contributed by atoms with Gasteiger partial charge in [0.2, 0.25) is 10.0 Å². The first kappa shape index (κ1) is 21.7. The van der Waals surface area contributed by atoms with Crippen molar-refractivity contribution in [1.29, 1.82) is 0 Å². The molecule has 27 heavy (non-hydrogen) atoms. The number of nitrogens with zero attached hydrogens (tertiary/aromatic N) is 1. The number of rotatable bonds is 9. The molecule has 2 rings (SSSR count). The fraction of sp³-hybridized carbons (Fsp3) is 0.632. The predicted octanol–water partition coefficient (Wildman–Crippen LogP) is 1.99. The number of guanidine groups is 1. The molecule has 0 spiro atoms. The van der Waals surface area contributed by atoms with E-state index in [0.29, 0.717) is 6.54 Å². The highest BCUT2D eigenvalue weighted by Crippen LogP contribution is 2.40. The van der Waals surface area contributed by atoms with Crippen LogP contribution in [0.15, 0.2) is 34.2 Å². The Labute approximate surface area is 162 Å². The summed E-state index contributed by atoms with van der Waals surface area (Å²) in [4.78, 5) is 4.74. The van der Waals surface area contributed by atoms with E-state index in [1.165, 1.54) is 37.8 Å². The highest BCUT2D eigenvalue weighted by molar-refractivity contribution is 7.89. The zero-order valence-electron chi connectivity index (χ0n) is 16.3. The first-order valence-electron chi connectivity index (χ1n) is 9.51. The number of primary sulfonamides is 1. The average Bonchev–Trinajstić information content (AvgIpc) is 3.11. The van der Waals surface area contributed by atoms with E-state index in [9.17, 15) is 8.42 Å². The van der Waals surface area contributed by atoms with Crippen molar-refractivity contribution in [3.05, 3.63) is 29.8 Å². The van der Waals surface area contributed by atoms with Crippen molar-refractivity contribution < 1.29 is 13.2 Å². The van der Waals surface area contributed by atoms with Crippen LogP contribution in [0.1, 0.15) is 44.6 Å². The van der Waals surface area contributed by atoms with Crippen LogP contribution in [-0.2, 0) is 21.3 Å². The number of benzene rings is 1. The quantitative estimate of drug-likeness (QED) is 0.437. The molecule has 1 saturated carbocycles. The molecule has 0 atom stereocenters. The van der Waals surface area contributed by atoms with E-state index in [1.807, 2.05) is 6.92 Å². The summed E-state index contributed by atoms with van der Waals surface area (Å²) >= 11 is 0. The van der Waals surface area contributed by atoms with Crippen molar-refractivity contribution >= 4 is 16.0 Å². The van der Waals surface area contributed by atoms with Gasteiger partial charge in [-0.05, 0) is 49.3 Å². The lowest BCUT2D eigenvalue weighted by Crippen LogP contribution is -2.43. The number of ether oxygens (including phenoxy) is 1. The van der Waals surface area contributed by atoms with Gasteiger partial charge in [0.25, 0.3) is 0 Å². The molecule has 0 saturated heterocycles. The minimum absolute atomic E-state index is 0.113. The Hall–Kier alpha value is -1.64. The Morgan fingerprint density at radius 2 is 1.89 bits per heavy atom. The van der Waals surface area contributed by atoms with E-state index in [-0.39, 0.29) is 10.3 Å². The van der Waals surface area contributed by atoms with Crippen LogP contribution < -0.4 is 15.8 Å². The molecule has 0 heterocycles. The molecule has 1 aliphatic rings. The number of nitrogens with two attached hydrogens (primary N) is 1. The third-order valence-corrected chi connectivity index (χ3v) is 6.08. The number of hydrogen-bond donors (Lipinski definition) is 3. The van der Waals surface area contributed by atoms with Gasteiger partial charge in [0.15, 0.2) is 5.96 Å². The molecule has 7 nitrogen and oxygen atoms in total. The molecule has 8 heteroatoms. The normalized spacial score (nSPS) is 17.1. The van der Waals surface area contributed by atoms with Crippen molar-refractivity contribution in [1.82, 2.24) is 10.6 Å². The monoisotopic (exact) mass is 396 g/mol. The predicted molar refractivity (Wildman–Crippen MR) is 108 cm³/mol. The van der Waals surface area contributed by atoms with Gasteiger partial charge in [-0.3, -0.25) is 0 Å². The van der Waals surface area contributed by atoms with Gasteiger partial charge in [-0.1, -0.05) is 25.0 Å². The SMILES string of the molecule is CCNC(=NCc1ccc(S(N)(=O)=O)cc1)NCC1(CCOC)CCCC1. The highest BCUT2D eigenvalue weighted by Gasteiger charge is 2.33. The molecule has 0 amide bonds. The summed E-state index contributed by atoms with van der Waals surface area (Å²) in [7, 11) is -1.91. The third kappa shape index (κ3) is 6.79. The van der Waals surface area contributed by atoms with Crippen LogP contribution in [0.5, 0.6) is 0 Å². The Morgan fingerprint density at radius 3 is 2.44 bits per heavy atom. The van der Waals surface area contributed by atoms with Crippen LogP contribution in [0.4, 0.5) is 0 Å². The molecule has 4 N–H and O–H groups in total. The molecule has 1 aliphatic carbocycles. The van der Waals surface area contributed by atoms with Crippen LogP contribution in [0.25, 0.3) is 0 Å². The fourth-order valence-electron chi connectivity index (χ4n) is 3.53. The maximum atomic E-state index is 11.3. The lowest BCUT2D eigenvalue weighted by atomic mass is 9.83. The largest absolute Gasteiger partial charge is 0.385 e. The Bertz CT molecular complexity index is 711. The lowest BCUT2D eigenvalue weighted by molar-refractivity contribution is 0.138. The van der Waals surface area contributed by atoms with Gasteiger partial charge in [0, 0.05) is 26.8 Å². The summed E-state index contributed by atoms with van der Waals surface area (Å²) in [5, 5.41) is 11.9. The molecule has 0 aliphatic heterocycles. The fourth-order valence-corrected chi connectivity index (χ4v) is 4.04. The molecule has 152 valence electrons. The number of aliphatic imine (C=N–C) groups is 1. The standard InChI is InChI=1S/C19H32N4O3S/c1-3-21-18(23-15-19(12-13-26-2)10-4-5-11-19)22-14-16-6-8-17(9-7-16)27(20,24)25/h6-9H,3-5,10-15H2,1-2H3,(H2,20,24,25)(H2,21,22,23). The van der Waals surface area contributed by atoms with E-state index < -0.39 is 10.0 Å². The molecule has 0 radical (unpaired) electrons. The van der Waals surface area contributed by atoms with Gasteiger partial charge in [0.05, 0.1) is 11.4 Å². The van der Waals surface area contributed by atoms with Crippen LogP contribution in [0.2, 0.25) is 0 Å². The van der Waals surface area contributed by atoms with Crippen molar-refractivity contribution in [3.8, 4) is 0 Å². The van der Waals surface area contributed by atoms with Gasteiger partial charge < -0.3 is 15.4 Å². The molecule has 0 unspecified atom stereocenters. The summed E-state index contributed by atoms with van der Waals surface area (Å²) in [6.45, 7) is 4.94. The smallest absolute Gasteiger partial charge is 0.238 e.